The molecule has 8 aromatic carbocycles. The molecule has 272 valence electrons. The third kappa shape index (κ3) is 5.44. The van der Waals surface area contributed by atoms with Crippen LogP contribution in [-0.2, 0) is 6.42 Å². The maximum atomic E-state index is 16.1. The van der Waals surface area contributed by atoms with Gasteiger partial charge in [0.05, 0.1) is 0 Å². The number of aryl methyl sites for hydroxylation is 1. The van der Waals surface area contributed by atoms with E-state index < -0.39 is 42.6 Å². The molecule has 0 aliphatic heterocycles. The average molecular weight is 745 g/mol. The van der Waals surface area contributed by atoms with Crippen molar-refractivity contribution in [3.8, 4) is 22.3 Å². The Morgan fingerprint density at radius 1 is 0.389 bits per heavy atom. The minimum Gasteiger partial charge on any atom is -0.206 e. The van der Waals surface area contributed by atoms with E-state index in [9.17, 15) is 39.5 Å². The molecule has 0 heterocycles. The Bertz CT molecular complexity index is 2710. The fourth-order valence-corrected chi connectivity index (χ4v) is 7.49. The smallest absolute Gasteiger partial charge is 0.206 e. The van der Waals surface area contributed by atoms with Gasteiger partial charge in [-0.2, -0.15) is 39.5 Å². The Hall–Kier alpha value is -5.64. The molecule has 0 aliphatic carbocycles. The van der Waals surface area contributed by atoms with Gasteiger partial charge in [0.1, 0.15) is 5.82 Å². The molecule has 0 amide bonds. The summed E-state index contributed by atoms with van der Waals surface area (Å²) in [6.07, 6.45) is -10.1. The molecule has 10 heteroatoms. The van der Waals surface area contributed by atoms with Gasteiger partial charge < -0.3 is 0 Å². The van der Waals surface area contributed by atoms with Crippen molar-refractivity contribution in [2.75, 3.05) is 0 Å². The van der Waals surface area contributed by atoms with Crippen LogP contribution >= 0.6 is 0 Å². The van der Waals surface area contributed by atoms with Crippen molar-refractivity contribution in [3.05, 3.63) is 145 Å². The molecule has 0 bridgehead atoms. The van der Waals surface area contributed by atoms with Crippen LogP contribution in [0.1, 0.15) is 12.0 Å². The number of benzene rings is 8. The van der Waals surface area contributed by atoms with Crippen molar-refractivity contribution in [1.82, 2.24) is 0 Å². The van der Waals surface area contributed by atoms with Gasteiger partial charge in [-0.15, -0.1) is 0 Å². The van der Waals surface area contributed by atoms with E-state index in [2.05, 4.69) is 42.5 Å². The zero-order valence-corrected chi connectivity index (χ0v) is 27.9. The standard InChI is InChI=1S/C44H26F10/c45-38-22-25(20-21-41(46,47)42(48,49)43(50,51)44(52,53)54)16-18-36(38)40-34-12-5-3-10-32(34)39(33-11-4-6-13-35(33)40)31-15-7-14-29-30(31)19-17-28-23-26-8-1-2-9-27(26)24-37(28)29/h1-19,22-24H,20-21H2. The first-order chi connectivity index (χ1) is 25.6. The minimum atomic E-state index is -6.98. The number of hydrogen-bond acceptors (Lipinski definition) is 0. The molecular weight excluding hydrogens is 718 g/mol. The van der Waals surface area contributed by atoms with E-state index in [1.54, 1.807) is 12.1 Å². The van der Waals surface area contributed by atoms with Crippen LogP contribution in [0.2, 0.25) is 0 Å². The molecule has 0 aliphatic rings. The second kappa shape index (κ2) is 12.5. The first-order valence-electron chi connectivity index (χ1n) is 16.9. The summed E-state index contributed by atoms with van der Waals surface area (Å²) in [5, 5.41) is 9.31. The number of halogens is 10. The summed E-state index contributed by atoms with van der Waals surface area (Å²) in [5.74, 6) is -20.4. The lowest BCUT2D eigenvalue weighted by Gasteiger charge is -2.33. The fourth-order valence-electron chi connectivity index (χ4n) is 7.49. The third-order valence-electron chi connectivity index (χ3n) is 10.2. The molecular formula is C44H26F10. The van der Waals surface area contributed by atoms with E-state index in [-0.39, 0.29) is 11.1 Å². The summed E-state index contributed by atoms with van der Waals surface area (Å²) in [4.78, 5) is 0. The lowest BCUT2D eigenvalue weighted by atomic mass is 9.84. The van der Waals surface area contributed by atoms with E-state index >= 15 is 4.39 Å². The molecule has 0 saturated carbocycles. The van der Waals surface area contributed by atoms with E-state index in [0.717, 1.165) is 60.3 Å². The van der Waals surface area contributed by atoms with Gasteiger partial charge in [-0.05, 0) is 95.2 Å². The van der Waals surface area contributed by atoms with E-state index in [0.29, 0.717) is 16.3 Å². The minimum absolute atomic E-state index is 0.0502. The maximum absolute atomic E-state index is 16.1. The van der Waals surface area contributed by atoms with Gasteiger partial charge in [0.25, 0.3) is 0 Å². The Morgan fingerprint density at radius 2 is 0.926 bits per heavy atom. The summed E-state index contributed by atoms with van der Waals surface area (Å²) in [6.45, 7) is 0. The number of alkyl halides is 9. The van der Waals surface area contributed by atoms with Crippen LogP contribution in [0.4, 0.5) is 43.9 Å². The summed E-state index contributed by atoms with van der Waals surface area (Å²) >= 11 is 0. The third-order valence-corrected chi connectivity index (χ3v) is 10.2. The lowest BCUT2D eigenvalue weighted by molar-refractivity contribution is -0.396. The summed E-state index contributed by atoms with van der Waals surface area (Å²) in [6, 6.07) is 40.7. The summed E-state index contributed by atoms with van der Waals surface area (Å²) in [5.41, 5.74) is 2.06. The zero-order valence-electron chi connectivity index (χ0n) is 27.9. The summed E-state index contributed by atoms with van der Waals surface area (Å²) < 4.78 is 137. The highest BCUT2D eigenvalue weighted by Crippen LogP contribution is 2.54. The predicted octanol–water partition coefficient (Wildman–Crippen LogP) is 14.3. The van der Waals surface area contributed by atoms with Crippen molar-refractivity contribution in [3.63, 3.8) is 0 Å². The molecule has 0 nitrogen and oxygen atoms in total. The monoisotopic (exact) mass is 744 g/mol. The van der Waals surface area contributed by atoms with Gasteiger partial charge in [0.15, 0.2) is 0 Å². The molecule has 0 fully saturated rings. The molecule has 8 aromatic rings. The summed E-state index contributed by atoms with van der Waals surface area (Å²) in [7, 11) is 0. The van der Waals surface area contributed by atoms with Crippen LogP contribution in [0.5, 0.6) is 0 Å². The maximum Gasteiger partial charge on any atom is 0.460 e. The Balaban J connectivity index is 1.25. The number of rotatable bonds is 7. The first kappa shape index (κ1) is 35.4. The van der Waals surface area contributed by atoms with Crippen molar-refractivity contribution in [2.45, 2.75) is 36.8 Å². The molecule has 0 atom stereocenters. The van der Waals surface area contributed by atoms with Crippen LogP contribution in [0.15, 0.2) is 133 Å². The van der Waals surface area contributed by atoms with Gasteiger partial charge >= 0.3 is 23.9 Å². The average Bonchev–Trinajstić information content (AvgIpc) is 3.15. The second-order valence-electron chi connectivity index (χ2n) is 13.4. The van der Waals surface area contributed by atoms with E-state index in [4.69, 9.17) is 0 Å². The number of hydrogen-bond donors (Lipinski definition) is 0. The van der Waals surface area contributed by atoms with Gasteiger partial charge in [0.2, 0.25) is 0 Å². The zero-order chi connectivity index (χ0) is 38.2. The largest absolute Gasteiger partial charge is 0.460 e. The van der Waals surface area contributed by atoms with Crippen LogP contribution in [0.3, 0.4) is 0 Å². The van der Waals surface area contributed by atoms with Gasteiger partial charge in [-0.3, -0.25) is 0 Å². The molecule has 0 saturated heterocycles. The first-order valence-corrected chi connectivity index (χ1v) is 16.9. The van der Waals surface area contributed by atoms with Crippen LogP contribution in [0, 0.1) is 5.82 Å². The topological polar surface area (TPSA) is 0 Å². The van der Waals surface area contributed by atoms with Gasteiger partial charge in [0, 0.05) is 17.5 Å². The van der Waals surface area contributed by atoms with Gasteiger partial charge in [-0.25, -0.2) is 4.39 Å². The van der Waals surface area contributed by atoms with Crippen molar-refractivity contribution < 1.29 is 43.9 Å². The van der Waals surface area contributed by atoms with Gasteiger partial charge in [-0.1, -0.05) is 115 Å². The van der Waals surface area contributed by atoms with Crippen molar-refractivity contribution >= 4 is 53.9 Å². The highest BCUT2D eigenvalue weighted by Gasteiger charge is 2.81. The molecule has 8 rings (SSSR count). The highest BCUT2D eigenvalue weighted by atomic mass is 19.4. The van der Waals surface area contributed by atoms with Crippen molar-refractivity contribution in [1.29, 1.82) is 0 Å². The highest BCUT2D eigenvalue weighted by molar-refractivity contribution is 6.25. The molecule has 54 heavy (non-hydrogen) atoms. The van der Waals surface area contributed by atoms with Crippen molar-refractivity contribution in [2.24, 2.45) is 0 Å². The lowest BCUT2D eigenvalue weighted by Crippen LogP contribution is -2.60. The molecule has 0 radical (unpaired) electrons. The quantitative estimate of drug-likeness (QED) is 0.0866. The SMILES string of the molecule is Fc1cc(CCC(F)(F)C(F)(F)C(F)(F)C(F)(F)F)ccc1-c1c2ccccc2c(-c2cccc3c2ccc2cc4ccccc4cc23)c2ccccc12. The molecule has 0 unspecified atom stereocenters. The van der Waals surface area contributed by atoms with Crippen LogP contribution in [-0.4, -0.2) is 23.9 Å². The Morgan fingerprint density at radius 3 is 1.50 bits per heavy atom. The van der Waals surface area contributed by atoms with Crippen LogP contribution in [0.25, 0.3) is 76.1 Å². The second-order valence-corrected chi connectivity index (χ2v) is 13.4. The van der Waals surface area contributed by atoms with E-state index in [1.165, 1.54) is 12.1 Å². The Labute approximate surface area is 301 Å². The normalized spacial score (nSPS) is 13.1. The number of fused-ring (bicyclic) bond motifs is 6. The fraction of sp³-hybridized carbons (Fsp3) is 0.136. The molecule has 0 N–H and O–H groups in total. The molecule has 0 aromatic heterocycles. The van der Waals surface area contributed by atoms with E-state index in [1.807, 2.05) is 60.7 Å². The van der Waals surface area contributed by atoms with Crippen LogP contribution < -0.4 is 0 Å². The Kier molecular flexibility index (Phi) is 8.17. The molecule has 0 spiro atoms. The predicted molar refractivity (Wildman–Crippen MR) is 194 cm³/mol.